The van der Waals surface area contributed by atoms with Crippen LogP contribution in [0.5, 0.6) is 0 Å². The first kappa shape index (κ1) is 39.9. The van der Waals surface area contributed by atoms with E-state index in [-0.39, 0.29) is 48.3 Å². The Bertz CT molecular complexity index is 2280. The van der Waals surface area contributed by atoms with Gasteiger partial charge in [-0.3, -0.25) is 9.80 Å². The maximum absolute atomic E-state index is 13.6. The SMILES string of the molecule is O=C(OCc1ccccc1)N1CC2(CCOCC2)CC1c1ncc(-c2ccc(-c3ccc(-c4cnc(C5CC6(CCOCC6)CN5C(=O)OCc5ccccc5)[nH]4)cc3)cc2)[nH]1. The molecule has 4 aliphatic rings. The molecule has 6 heterocycles. The highest BCUT2D eigenvalue weighted by atomic mass is 16.6. The van der Waals surface area contributed by atoms with Crippen molar-refractivity contribution in [3.05, 3.63) is 144 Å². The van der Waals surface area contributed by atoms with Crippen molar-refractivity contribution >= 4 is 12.2 Å². The van der Waals surface area contributed by atoms with Crippen molar-refractivity contribution in [3.8, 4) is 33.6 Å². The van der Waals surface area contributed by atoms with Gasteiger partial charge in [0.1, 0.15) is 24.9 Å². The first-order valence-electron chi connectivity index (χ1n) is 21.8. The molecule has 10 rings (SSSR count). The highest BCUT2D eigenvalue weighted by Crippen LogP contribution is 2.50. The van der Waals surface area contributed by atoms with E-state index in [1.54, 1.807) is 0 Å². The molecule has 0 saturated carbocycles. The van der Waals surface area contributed by atoms with Gasteiger partial charge in [-0.05, 0) is 82.7 Å². The van der Waals surface area contributed by atoms with Crippen LogP contribution in [0, 0.1) is 10.8 Å². The van der Waals surface area contributed by atoms with E-state index in [4.69, 9.17) is 28.9 Å². The number of carbonyl (C=O) groups excluding carboxylic acids is 2. The highest BCUT2D eigenvalue weighted by molar-refractivity contribution is 5.72. The predicted molar refractivity (Wildman–Crippen MR) is 233 cm³/mol. The monoisotopic (exact) mass is 832 g/mol. The molecular weight excluding hydrogens is 781 g/mol. The van der Waals surface area contributed by atoms with Crippen molar-refractivity contribution in [2.75, 3.05) is 39.5 Å². The molecule has 6 aromatic rings. The molecule has 0 aliphatic carbocycles. The van der Waals surface area contributed by atoms with E-state index in [9.17, 15) is 9.59 Å². The summed E-state index contributed by atoms with van der Waals surface area (Å²) in [6.07, 6.45) is 8.38. The maximum atomic E-state index is 13.6. The van der Waals surface area contributed by atoms with E-state index in [0.29, 0.717) is 39.5 Å². The van der Waals surface area contributed by atoms with E-state index < -0.39 is 0 Å². The molecule has 4 aliphatic heterocycles. The fraction of sp³-hybridized carbons (Fsp3) is 0.360. The molecule has 4 saturated heterocycles. The summed E-state index contributed by atoms with van der Waals surface area (Å²) in [5.74, 6) is 1.54. The molecule has 62 heavy (non-hydrogen) atoms. The van der Waals surface area contributed by atoms with E-state index in [1.165, 1.54) is 0 Å². The van der Waals surface area contributed by atoms with Crippen LogP contribution < -0.4 is 0 Å². The molecule has 12 nitrogen and oxygen atoms in total. The predicted octanol–water partition coefficient (Wildman–Crippen LogP) is 9.89. The van der Waals surface area contributed by atoms with Crippen LogP contribution in [0.1, 0.15) is 73.4 Å². The minimum Gasteiger partial charge on any atom is -0.445 e. The van der Waals surface area contributed by atoms with E-state index in [2.05, 4.69) is 58.5 Å². The number of carbonyl (C=O) groups is 2. The molecule has 2 amide bonds. The Morgan fingerprint density at radius 1 is 0.548 bits per heavy atom. The Kier molecular flexibility index (Phi) is 11.1. The second kappa shape index (κ2) is 17.3. The molecule has 2 spiro atoms. The zero-order chi connectivity index (χ0) is 41.9. The first-order valence-corrected chi connectivity index (χ1v) is 21.8. The third-order valence-corrected chi connectivity index (χ3v) is 13.6. The Morgan fingerprint density at radius 3 is 1.31 bits per heavy atom. The van der Waals surface area contributed by atoms with Crippen molar-refractivity contribution in [2.45, 2.75) is 63.8 Å². The normalized spacial score (nSPS) is 20.5. The fourth-order valence-corrected chi connectivity index (χ4v) is 9.91. The molecule has 2 unspecified atom stereocenters. The van der Waals surface area contributed by atoms with Crippen LogP contribution in [0.25, 0.3) is 33.6 Å². The van der Waals surface area contributed by atoms with Crippen LogP contribution in [-0.2, 0) is 32.2 Å². The molecule has 12 heteroatoms. The summed E-state index contributed by atoms with van der Waals surface area (Å²) in [6, 6.07) is 36.0. The van der Waals surface area contributed by atoms with Crippen molar-refractivity contribution < 1.29 is 28.5 Å². The summed E-state index contributed by atoms with van der Waals surface area (Å²) < 4.78 is 23.1. The Morgan fingerprint density at radius 2 is 0.919 bits per heavy atom. The van der Waals surface area contributed by atoms with E-state index in [0.717, 1.165) is 94.9 Å². The lowest BCUT2D eigenvalue weighted by molar-refractivity contribution is 0.0181. The number of hydrogen-bond acceptors (Lipinski definition) is 8. The van der Waals surface area contributed by atoms with Crippen LogP contribution in [0.15, 0.2) is 122 Å². The molecule has 4 aromatic carbocycles. The van der Waals surface area contributed by atoms with Gasteiger partial charge in [-0.2, -0.15) is 0 Å². The van der Waals surface area contributed by atoms with Crippen molar-refractivity contribution in [3.63, 3.8) is 0 Å². The van der Waals surface area contributed by atoms with Gasteiger partial charge in [0.05, 0.1) is 35.9 Å². The highest BCUT2D eigenvalue weighted by Gasteiger charge is 2.50. The van der Waals surface area contributed by atoms with Crippen LogP contribution in [0.2, 0.25) is 0 Å². The second-order valence-corrected chi connectivity index (χ2v) is 17.5. The lowest BCUT2D eigenvalue weighted by atomic mass is 9.78. The smallest absolute Gasteiger partial charge is 0.410 e. The second-order valence-electron chi connectivity index (χ2n) is 17.5. The number of amides is 2. The van der Waals surface area contributed by atoms with Crippen molar-refractivity contribution in [2.24, 2.45) is 10.8 Å². The van der Waals surface area contributed by atoms with Gasteiger partial charge in [0.2, 0.25) is 0 Å². The number of rotatable bonds is 9. The third-order valence-electron chi connectivity index (χ3n) is 13.6. The number of nitrogens with one attached hydrogen (secondary N) is 2. The quantitative estimate of drug-likeness (QED) is 0.147. The topological polar surface area (TPSA) is 135 Å². The molecule has 0 bridgehead atoms. The van der Waals surface area contributed by atoms with E-state index in [1.807, 2.05) is 82.9 Å². The third kappa shape index (κ3) is 8.36. The lowest BCUT2D eigenvalue weighted by Gasteiger charge is -2.32. The number of benzene rings is 4. The van der Waals surface area contributed by atoms with E-state index >= 15 is 0 Å². The molecule has 2 N–H and O–H groups in total. The number of nitrogens with zero attached hydrogens (tertiary/aromatic N) is 4. The molecule has 2 aromatic heterocycles. The minimum absolute atomic E-state index is 0.0115. The molecular formula is C50H52N6O6. The van der Waals surface area contributed by atoms with Crippen LogP contribution in [0.3, 0.4) is 0 Å². The lowest BCUT2D eigenvalue weighted by Crippen LogP contribution is -2.36. The molecule has 0 radical (unpaired) electrons. The number of ether oxygens (including phenoxy) is 4. The molecule has 318 valence electrons. The number of aromatic nitrogens is 4. The summed E-state index contributed by atoms with van der Waals surface area (Å²) in [5, 5.41) is 0. The fourth-order valence-electron chi connectivity index (χ4n) is 9.91. The van der Waals surface area contributed by atoms with Crippen LogP contribution in [-0.4, -0.2) is 81.4 Å². The zero-order valence-corrected chi connectivity index (χ0v) is 34.8. The first-order chi connectivity index (χ1) is 30.4. The van der Waals surface area contributed by atoms with Gasteiger partial charge in [0, 0.05) is 39.5 Å². The van der Waals surface area contributed by atoms with Gasteiger partial charge < -0.3 is 28.9 Å². The van der Waals surface area contributed by atoms with Crippen molar-refractivity contribution in [1.82, 2.24) is 29.7 Å². The summed E-state index contributed by atoms with van der Waals surface area (Å²) >= 11 is 0. The van der Waals surface area contributed by atoms with Gasteiger partial charge in [0.15, 0.2) is 0 Å². The summed E-state index contributed by atoms with van der Waals surface area (Å²) in [7, 11) is 0. The van der Waals surface area contributed by atoms with Gasteiger partial charge in [0.25, 0.3) is 0 Å². The number of H-pyrrole nitrogens is 2. The van der Waals surface area contributed by atoms with Crippen LogP contribution >= 0.6 is 0 Å². The summed E-state index contributed by atoms with van der Waals surface area (Å²) in [6.45, 7) is 4.52. The molecule has 4 fully saturated rings. The summed E-state index contributed by atoms with van der Waals surface area (Å²) in [5.41, 5.74) is 7.90. The Labute approximate surface area is 361 Å². The number of hydrogen-bond donors (Lipinski definition) is 2. The average Bonchev–Trinajstić information content (AvgIpc) is 4.15. The Balaban J connectivity index is 0.812. The summed E-state index contributed by atoms with van der Waals surface area (Å²) in [4.78, 5) is 47.7. The number of imidazole rings is 2. The number of aromatic amines is 2. The largest absolute Gasteiger partial charge is 0.445 e. The maximum Gasteiger partial charge on any atom is 0.410 e. The van der Waals surface area contributed by atoms with Gasteiger partial charge >= 0.3 is 12.2 Å². The van der Waals surface area contributed by atoms with Crippen molar-refractivity contribution in [1.29, 1.82) is 0 Å². The standard InChI is InChI=1S/C50H52N6O6/c57-47(61-31-35-7-3-1-4-8-35)55-33-49(19-23-59-24-20-49)27-43(55)45-51-29-41(53-45)39-15-11-37(12-16-39)38-13-17-40(18-14-38)42-30-52-46(54-42)44-28-50(21-25-60-26-22-50)34-56(44)48(58)62-32-36-9-5-2-6-10-36/h1-18,29-30,43-44H,19-28,31-34H2,(H,51,53)(H,52,54). The van der Waals surface area contributed by atoms with Crippen LogP contribution in [0.4, 0.5) is 9.59 Å². The van der Waals surface area contributed by atoms with Gasteiger partial charge in [-0.25, -0.2) is 19.6 Å². The molecule has 2 atom stereocenters. The minimum atomic E-state index is -0.316. The average molecular weight is 833 g/mol. The van der Waals surface area contributed by atoms with Gasteiger partial charge in [-0.1, -0.05) is 109 Å². The number of likely N-dealkylation sites (tertiary alicyclic amines) is 2. The zero-order valence-electron chi connectivity index (χ0n) is 34.8. The Hall–Kier alpha value is -6.24. The van der Waals surface area contributed by atoms with Gasteiger partial charge in [-0.15, -0.1) is 0 Å².